The Morgan fingerprint density at radius 1 is 1.38 bits per heavy atom. The van der Waals surface area contributed by atoms with E-state index in [0.717, 1.165) is 16.0 Å². The van der Waals surface area contributed by atoms with Gasteiger partial charge >= 0.3 is 0 Å². The monoisotopic (exact) mass is 303 g/mol. The molecule has 21 heavy (non-hydrogen) atoms. The Morgan fingerprint density at radius 2 is 2.10 bits per heavy atom. The van der Waals surface area contributed by atoms with Crippen LogP contribution in [-0.4, -0.2) is 17.6 Å². The van der Waals surface area contributed by atoms with E-state index in [-0.39, 0.29) is 18.3 Å². The second-order valence-corrected chi connectivity index (χ2v) is 5.44. The Morgan fingerprint density at radius 3 is 2.76 bits per heavy atom. The van der Waals surface area contributed by atoms with Gasteiger partial charge in [0.05, 0.1) is 9.75 Å². The van der Waals surface area contributed by atoms with E-state index in [9.17, 15) is 9.18 Å². The second-order valence-electron chi connectivity index (χ2n) is 4.39. The van der Waals surface area contributed by atoms with Crippen molar-refractivity contribution in [1.29, 1.82) is 0 Å². The third-order valence-corrected chi connectivity index (χ3v) is 3.94. The van der Waals surface area contributed by atoms with Gasteiger partial charge in [-0.25, -0.2) is 4.39 Å². The number of thiophene rings is 1. The Kier molecular flexibility index (Phi) is 5.09. The van der Waals surface area contributed by atoms with Crippen LogP contribution in [0.15, 0.2) is 30.3 Å². The first-order valence-electron chi connectivity index (χ1n) is 6.33. The summed E-state index contributed by atoms with van der Waals surface area (Å²) in [4.78, 5) is 13.4. The highest BCUT2D eigenvalue weighted by atomic mass is 32.1. The number of nitrogens with one attached hydrogen (secondary N) is 1. The lowest BCUT2D eigenvalue weighted by atomic mass is 10.2. The van der Waals surface area contributed by atoms with E-state index >= 15 is 0 Å². The van der Waals surface area contributed by atoms with E-state index < -0.39 is 0 Å². The van der Waals surface area contributed by atoms with Crippen LogP contribution >= 0.6 is 11.3 Å². The fraction of sp³-hybridized carbons (Fsp3) is 0.188. The number of carbonyl (C=O) groups is 1. The number of hydrogen-bond acceptors (Lipinski definition) is 3. The lowest BCUT2D eigenvalue weighted by molar-refractivity contribution is 0.0955. The summed E-state index contributed by atoms with van der Waals surface area (Å²) in [6.07, 6.45) is 0. The van der Waals surface area contributed by atoms with E-state index in [1.165, 1.54) is 23.5 Å². The number of aliphatic hydroxyl groups excluding tert-OH is 1. The molecular weight excluding hydrogens is 289 g/mol. The van der Waals surface area contributed by atoms with E-state index in [1.807, 2.05) is 6.92 Å². The van der Waals surface area contributed by atoms with E-state index in [2.05, 4.69) is 17.2 Å². The maximum absolute atomic E-state index is 12.8. The molecule has 108 valence electrons. The standard InChI is InChI=1S/C16H14FNO2S/c1-11-9-15(21-14(11)3-2-8-19)16(20)18-10-12-4-6-13(17)7-5-12/h4-7,9,19H,8,10H2,1H3,(H,18,20). The molecule has 0 bridgehead atoms. The lowest BCUT2D eigenvalue weighted by Crippen LogP contribution is -2.21. The predicted molar refractivity (Wildman–Crippen MR) is 80.6 cm³/mol. The first-order chi connectivity index (χ1) is 10.1. The quantitative estimate of drug-likeness (QED) is 0.856. The first-order valence-corrected chi connectivity index (χ1v) is 7.14. The summed E-state index contributed by atoms with van der Waals surface area (Å²) in [6, 6.07) is 7.76. The van der Waals surface area contributed by atoms with Crippen LogP contribution in [0.5, 0.6) is 0 Å². The van der Waals surface area contributed by atoms with Crippen molar-refractivity contribution in [2.24, 2.45) is 0 Å². The highest BCUT2D eigenvalue weighted by Crippen LogP contribution is 2.20. The Balaban J connectivity index is 2.02. The van der Waals surface area contributed by atoms with Crippen molar-refractivity contribution in [2.45, 2.75) is 13.5 Å². The van der Waals surface area contributed by atoms with E-state index in [4.69, 9.17) is 5.11 Å². The van der Waals surface area contributed by atoms with Crippen molar-refractivity contribution in [2.75, 3.05) is 6.61 Å². The molecule has 1 heterocycles. The molecule has 1 aromatic heterocycles. The van der Waals surface area contributed by atoms with Gasteiger partial charge in [0.15, 0.2) is 0 Å². The molecule has 0 fully saturated rings. The van der Waals surface area contributed by atoms with Crippen molar-refractivity contribution >= 4 is 17.2 Å². The number of carbonyl (C=O) groups excluding carboxylic acids is 1. The Labute approximate surface area is 126 Å². The fourth-order valence-corrected chi connectivity index (χ4v) is 2.67. The van der Waals surface area contributed by atoms with Crippen molar-refractivity contribution in [3.8, 4) is 11.8 Å². The smallest absolute Gasteiger partial charge is 0.261 e. The van der Waals surface area contributed by atoms with Crippen LogP contribution in [0.25, 0.3) is 0 Å². The van der Waals surface area contributed by atoms with Gasteiger partial charge < -0.3 is 10.4 Å². The van der Waals surface area contributed by atoms with Gasteiger partial charge in [-0.2, -0.15) is 0 Å². The van der Waals surface area contributed by atoms with Gasteiger partial charge in [-0.05, 0) is 36.2 Å². The Bertz CT molecular complexity index is 695. The van der Waals surface area contributed by atoms with Crippen LogP contribution < -0.4 is 5.32 Å². The van der Waals surface area contributed by atoms with E-state index in [1.54, 1.807) is 18.2 Å². The third-order valence-electron chi connectivity index (χ3n) is 2.79. The minimum Gasteiger partial charge on any atom is -0.384 e. The molecule has 0 spiro atoms. The van der Waals surface area contributed by atoms with Gasteiger partial charge in [-0.1, -0.05) is 24.0 Å². The maximum atomic E-state index is 12.8. The maximum Gasteiger partial charge on any atom is 0.261 e. The lowest BCUT2D eigenvalue weighted by Gasteiger charge is -2.03. The van der Waals surface area contributed by atoms with E-state index in [0.29, 0.717) is 11.4 Å². The number of halogens is 1. The molecular formula is C16H14FNO2S. The molecule has 0 aliphatic heterocycles. The van der Waals surface area contributed by atoms with Gasteiger partial charge in [0.1, 0.15) is 12.4 Å². The SMILES string of the molecule is Cc1cc(C(=O)NCc2ccc(F)cc2)sc1C#CCO. The van der Waals surface area contributed by atoms with Crippen LogP contribution in [-0.2, 0) is 6.54 Å². The third kappa shape index (κ3) is 4.15. The number of rotatable bonds is 3. The molecule has 0 atom stereocenters. The summed E-state index contributed by atoms with van der Waals surface area (Å²) in [7, 11) is 0. The average molecular weight is 303 g/mol. The highest BCUT2D eigenvalue weighted by molar-refractivity contribution is 7.14. The number of hydrogen-bond donors (Lipinski definition) is 2. The van der Waals surface area contributed by atoms with Gasteiger partial charge in [0, 0.05) is 6.54 Å². The first kappa shape index (κ1) is 15.2. The van der Waals surface area contributed by atoms with Crippen molar-refractivity contribution in [1.82, 2.24) is 5.32 Å². The van der Waals surface area contributed by atoms with Gasteiger partial charge in [-0.15, -0.1) is 11.3 Å². The molecule has 5 heteroatoms. The van der Waals surface area contributed by atoms with Crippen LogP contribution in [0, 0.1) is 24.6 Å². The van der Waals surface area contributed by atoms with Gasteiger partial charge in [0.25, 0.3) is 5.91 Å². The summed E-state index contributed by atoms with van der Waals surface area (Å²) < 4.78 is 12.8. The molecule has 1 amide bonds. The molecule has 1 aromatic carbocycles. The molecule has 0 saturated heterocycles. The molecule has 0 radical (unpaired) electrons. The zero-order chi connectivity index (χ0) is 15.2. The molecule has 2 aromatic rings. The molecule has 2 rings (SSSR count). The molecule has 2 N–H and O–H groups in total. The minimum absolute atomic E-state index is 0.190. The van der Waals surface area contributed by atoms with Crippen molar-refractivity contribution in [3.63, 3.8) is 0 Å². The second kappa shape index (κ2) is 7.02. The summed E-state index contributed by atoms with van der Waals surface area (Å²) in [5, 5.41) is 11.5. The Hall–Kier alpha value is -2.16. The predicted octanol–water partition coefficient (Wildman–Crippen LogP) is 2.47. The van der Waals surface area contributed by atoms with Gasteiger partial charge in [-0.3, -0.25) is 4.79 Å². The average Bonchev–Trinajstić information content (AvgIpc) is 2.85. The van der Waals surface area contributed by atoms with Crippen LogP contribution in [0.4, 0.5) is 4.39 Å². The molecule has 3 nitrogen and oxygen atoms in total. The largest absolute Gasteiger partial charge is 0.384 e. The number of aliphatic hydroxyl groups is 1. The summed E-state index contributed by atoms with van der Waals surface area (Å²) >= 11 is 1.29. The zero-order valence-corrected chi connectivity index (χ0v) is 12.3. The van der Waals surface area contributed by atoms with Crippen molar-refractivity contribution < 1.29 is 14.3 Å². The molecule has 0 aliphatic carbocycles. The minimum atomic E-state index is -0.300. The highest BCUT2D eigenvalue weighted by Gasteiger charge is 2.11. The van der Waals surface area contributed by atoms with Crippen LogP contribution in [0.2, 0.25) is 0 Å². The topological polar surface area (TPSA) is 49.3 Å². The summed E-state index contributed by atoms with van der Waals surface area (Å²) in [6.45, 7) is 2.01. The number of benzene rings is 1. The summed E-state index contributed by atoms with van der Waals surface area (Å²) in [5.74, 6) is 4.89. The normalized spacial score (nSPS) is 9.86. The fourth-order valence-electron chi connectivity index (χ4n) is 1.71. The van der Waals surface area contributed by atoms with Crippen LogP contribution in [0.1, 0.15) is 25.7 Å². The molecule has 0 aliphatic rings. The molecule has 0 saturated carbocycles. The zero-order valence-electron chi connectivity index (χ0n) is 11.4. The number of aryl methyl sites for hydroxylation is 1. The van der Waals surface area contributed by atoms with Gasteiger partial charge in [0.2, 0.25) is 0 Å². The number of amides is 1. The van der Waals surface area contributed by atoms with Crippen molar-refractivity contribution in [3.05, 3.63) is 57.0 Å². The summed E-state index contributed by atoms with van der Waals surface area (Å²) in [5.41, 5.74) is 1.74. The molecule has 0 unspecified atom stereocenters. The van der Waals surface area contributed by atoms with Crippen LogP contribution in [0.3, 0.4) is 0 Å².